The van der Waals surface area contributed by atoms with Crippen molar-refractivity contribution in [2.24, 2.45) is 5.73 Å². The summed E-state index contributed by atoms with van der Waals surface area (Å²) in [6.45, 7) is 7.38. The number of aryl methyl sites for hydroxylation is 1. The molecule has 0 unspecified atom stereocenters. The van der Waals surface area contributed by atoms with Gasteiger partial charge >= 0.3 is 0 Å². The molecule has 0 aliphatic carbocycles. The Morgan fingerprint density at radius 1 is 1.21 bits per heavy atom. The van der Waals surface area contributed by atoms with Gasteiger partial charge in [0, 0.05) is 11.3 Å². The second kappa shape index (κ2) is 5.73. The third-order valence-corrected chi connectivity index (χ3v) is 3.41. The molecular formula is C16H19N3. The maximum Gasteiger partial charge on any atom is 0.0674 e. The second-order valence-electron chi connectivity index (χ2n) is 4.62. The van der Waals surface area contributed by atoms with E-state index in [-0.39, 0.29) is 0 Å². The molecule has 0 fully saturated rings. The Bertz CT molecular complexity index is 642. The molecule has 0 saturated heterocycles. The molecule has 0 bridgehead atoms. The van der Waals surface area contributed by atoms with E-state index in [1.54, 1.807) is 0 Å². The molecule has 0 saturated carbocycles. The number of rotatable bonds is 2. The van der Waals surface area contributed by atoms with Crippen LogP contribution in [0.1, 0.15) is 28.1 Å². The number of hydrogen-bond acceptors (Lipinski definition) is 2. The summed E-state index contributed by atoms with van der Waals surface area (Å²) in [6.07, 6.45) is 0. The van der Waals surface area contributed by atoms with Crippen molar-refractivity contribution < 1.29 is 0 Å². The van der Waals surface area contributed by atoms with Crippen LogP contribution in [0.2, 0.25) is 0 Å². The number of nitrogens with zero attached hydrogens (tertiary/aromatic N) is 2. The van der Waals surface area contributed by atoms with Crippen molar-refractivity contribution in [2.45, 2.75) is 27.3 Å². The topological polar surface area (TPSA) is 43.8 Å². The highest BCUT2D eigenvalue weighted by Crippen LogP contribution is 2.15. The summed E-state index contributed by atoms with van der Waals surface area (Å²) in [5.41, 5.74) is 11.2. The minimum absolute atomic E-state index is 0.382. The van der Waals surface area contributed by atoms with Gasteiger partial charge in [0.2, 0.25) is 0 Å². The molecule has 0 atom stereocenters. The van der Waals surface area contributed by atoms with Crippen LogP contribution >= 0.6 is 0 Å². The minimum Gasteiger partial charge on any atom is -0.320 e. The molecule has 2 rings (SSSR count). The van der Waals surface area contributed by atoms with E-state index >= 15 is 0 Å². The zero-order valence-corrected chi connectivity index (χ0v) is 11.7. The first kappa shape index (κ1) is 13.4. The normalized spacial score (nSPS) is 10.1. The highest BCUT2D eigenvalue weighted by molar-refractivity contribution is 5.41. The van der Waals surface area contributed by atoms with E-state index in [1.165, 1.54) is 16.8 Å². The Balaban J connectivity index is 2.35. The van der Waals surface area contributed by atoms with Gasteiger partial charge in [-0.05, 0) is 38.0 Å². The maximum atomic E-state index is 5.44. The molecule has 1 heterocycles. The highest BCUT2D eigenvalue weighted by Gasteiger charge is 2.08. The Labute approximate surface area is 114 Å². The van der Waals surface area contributed by atoms with Crippen LogP contribution in [0.5, 0.6) is 0 Å². The summed E-state index contributed by atoms with van der Waals surface area (Å²) < 4.78 is 2.04. The van der Waals surface area contributed by atoms with Gasteiger partial charge in [0.05, 0.1) is 18.8 Å². The van der Waals surface area contributed by atoms with Crippen molar-refractivity contribution in [2.75, 3.05) is 6.54 Å². The second-order valence-corrected chi connectivity index (χ2v) is 4.62. The zero-order valence-electron chi connectivity index (χ0n) is 11.7. The third kappa shape index (κ3) is 2.86. The quantitative estimate of drug-likeness (QED) is 0.834. The van der Waals surface area contributed by atoms with E-state index < -0.39 is 0 Å². The molecular weight excluding hydrogens is 234 g/mol. The van der Waals surface area contributed by atoms with Gasteiger partial charge in [-0.1, -0.05) is 30.0 Å². The predicted molar refractivity (Wildman–Crippen MR) is 77.9 cm³/mol. The van der Waals surface area contributed by atoms with E-state index in [0.717, 1.165) is 17.8 Å². The summed E-state index contributed by atoms with van der Waals surface area (Å²) in [5, 5.41) is 4.57. The SMILES string of the molecule is Cc1nn(Cc2ccccc2C#CCN)c(C)c1C. The van der Waals surface area contributed by atoms with Crippen LogP contribution in [0, 0.1) is 32.6 Å². The van der Waals surface area contributed by atoms with E-state index in [9.17, 15) is 0 Å². The highest BCUT2D eigenvalue weighted by atomic mass is 15.3. The molecule has 3 heteroatoms. The third-order valence-electron chi connectivity index (χ3n) is 3.41. The van der Waals surface area contributed by atoms with E-state index in [4.69, 9.17) is 5.73 Å². The lowest BCUT2D eigenvalue weighted by Crippen LogP contribution is -2.06. The number of hydrogen-bond donors (Lipinski definition) is 1. The maximum absolute atomic E-state index is 5.44. The summed E-state index contributed by atoms with van der Waals surface area (Å²) >= 11 is 0. The first-order valence-electron chi connectivity index (χ1n) is 6.41. The lowest BCUT2D eigenvalue weighted by Gasteiger charge is -2.07. The summed E-state index contributed by atoms with van der Waals surface area (Å²) in [7, 11) is 0. The van der Waals surface area contributed by atoms with Crippen molar-refractivity contribution in [1.82, 2.24) is 9.78 Å². The smallest absolute Gasteiger partial charge is 0.0674 e. The van der Waals surface area contributed by atoms with Crippen molar-refractivity contribution in [3.05, 3.63) is 52.3 Å². The van der Waals surface area contributed by atoms with Crippen LogP contribution in [-0.4, -0.2) is 16.3 Å². The molecule has 98 valence electrons. The summed E-state index contributed by atoms with van der Waals surface area (Å²) in [5.74, 6) is 6.03. The number of nitrogens with two attached hydrogens (primary N) is 1. The molecule has 3 nitrogen and oxygen atoms in total. The van der Waals surface area contributed by atoms with Crippen LogP contribution in [-0.2, 0) is 6.54 Å². The van der Waals surface area contributed by atoms with Crippen LogP contribution in [0.15, 0.2) is 24.3 Å². The van der Waals surface area contributed by atoms with Gasteiger partial charge in [0.15, 0.2) is 0 Å². The van der Waals surface area contributed by atoms with E-state index in [1.807, 2.05) is 29.8 Å². The summed E-state index contributed by atoms with van der Waals surface area (Å²) in [4.78, 5) is 0. The molecule has 0 aliphatic heterocycles. The van der Waals surface area contributed by atoms with Gasteiger partial charge in [0.1, 0.15) is 0 Å². The molecule has 0 aliphatic rings. The average Bonchev–Trinajstić information content (AvgIpc) is 2.65. The van der Waals surface area contributed by atoms with Gasteiger partial charge < -0.3 is 5.73 Å². The molecule has 1 aromatic heterocycles. The number of benzene rings is 1. The Kier molecular flexibility index (Phi) is 4.03. The van der Waals surface area contributed by atoms with E-state index in [2.05, 4.69) is 36.9 Å². The molecule has 0 amide bonds. The van der Waals surface area contributed by atoms with Gasteiger partial charge in [-0.15, -0.1) is 0 Å². The largest absolute Gasteiger partial charge is 0.320 e. The standard InChI is InChI=1S/C16H19N3/c1-12-13(2)18-19(14(12)3)11-16-8-5-4-7-15(16)9-6-10-17/h4-5,7-8H,10-11,17H2,1-3H3. The Hall–Kier alpha value is -2.05. The molecule has 0 radical (unpaired) electrons. The van der Waals surface area contributed by atoms with Crippen LogP contribution < -0.4 is 5.73 Å². The van der Waals surface area contributed by atoms with Crippen LogP contribution in [0.25, 0.3) is 0 Å². The molecule has 2 aromatic rings. The van der Waals surface area contributed by atoms with E-state index in [0.29, 0.717) is 6.54 Å². The fourth-order valence-electron chi connectivity index (χ4n) is 2.03. The van der Waals surface area contributed by atoms with Gasteiger partial charge in [0.25, 0.3) is 0 Å². The fourth-order valence-corrected chi connectivity index (χ4v) is 2.03. The summed E-state index contributed by atoms with van der Waals surface area (Å²) in [6, 6.07) is 8.14. The minimum atomic E-state index is 0.382. The monoisotopic (exact) mass is 253 g/mol. The van der Waals surface area contributed by atoms with Crippen molar-refractivity contribution in [3.8, 4) is 11.8 Å². The Morgan fingerprint density at radius 2 is 1.95 bits per heavy atom. The first-order valence-corrected chi connectivity index (χ1v) is 6.41. The lowest BCUT2D eigenvalue weighted by atomic mass is 10.1. The van der Waals surface area contributed by atoms with Crippen LogP contribution in [0.3, 0.4) is 0 Å². The van der Waals surface area contributed by atoms with Gasteiger partial charge in [-0.2, -0.15) is 5.10 Å². The first-order chi connectivity index (χ1) is 9.13. The van der Waals surface area contributed by atoms with Crippen molar-refractivity contribution in [3.63, 3.8) is 0 Å². The average molecular weight is 253 g/mol. The molecule has 0 spiro atoms. The molecule has 1 aromatic carbocycles. The lowest BCUT2D eigenvalue weighted by molar-refractivity contribution is 0.657. The fraction of sp³-hybridized carbons (Fsp3) is 0.312. The molecule has 2 N–H and O–H groups in total. The van der Waals surface area contributed by atoms with Gasteiger partial charge in [-0.3, -0.25) is 4.68 Å². The van der Waals surface area contributed by atoms with Gasteiger partial charge in [-0.25, -0.2) is 0 Å². The predicted octanol–water partition coefficient (Wildman–Crippen LogP) is 2.17. The van der Waals surface area contributed by atoms with Crippen molar-refractivity contribution in [1.29, 1.82) is 0 Å². The van der Waals surface area contributed by atoms with Crippen LogP contribution in [0.4, 0.5) is 0 Å². The molecule has 19 heavy (non-hydrogen) atoms. The van der Waals surface area contributed by atoms with Crippen molar-refractivity contribution >= 4 is 0 Å². The number of aromatic nitrogens is 2. The zero-order chi connectivity index (χ0) is 13.8. The Morgan fingerprint density at radius 3 is 2.58 bits per heavy atom.